The van der Waals surface area contributed by atoms with Crippen LogP contribution < -0.4 is 20.9 Å². The number of rotatable bonds is 9. The molecule has 0 heterocycles. The first kappa shape index (κ1) is 21.9. The zero-order valence-electron chi connectivity index (χ0n) is 16.8. The Hall–Kier alpha value is -3.39. The lowest BCUT2D eigenvalue weighted by molar-refractivity contribution is -0.116. The van der Waals surface area contributed by atoms with Gasteiger partial charge in [0.25, 0.3) is 5.91 Å². The van der Waals surface area contributed by atoms with Crippen LogP contribution in [0.1, 0.15) is 17.3 Å². The average Bonchev–Trinajstić information content (AvgIpc) is 2.72. The molecule has 8 heteroatoms. The number of methoxy groups -OCH3 is 1. The minimum Gasteiger partial charge on any atom is -0.383 e. The average molecular weight is 398 g/mol. The number of hydrogen-bond acceptors (Lipinski definition) is 5. The summed E-state index contributed by atoms with van der Waals surface area (Å²) in [7, 11) is 3.26. The van der Waals surface area contributed by atoms with Gasteiger partial charge in [0.15, 0.2) is 0 Å². The maximum absolute atomic E-state index is 12.2. The molecule has 0 saturated carbocycles. The van der Waals surface area contributed by atoms with Crippen LogP contribution in [0.4, 0.5) is 17.1 Å². The first-order valence-corrected chi connectivity index (χ1v) is 9.16. The van der Waals surface area contributed by atoms with E-state index in [-0.39, 0.29) is 24.3 Å². The number of anilines is 3. The summed E-state index contributed by atoms with van der Waals surface area (Å²) in [5, 5.41) is 8.52. The Labute approximate surface area is 170 Å². The third-order valence-corrected chi connectivity index (χ3v) is 4.18. The second-order valence-electron chi connectivity index (χ2n) is 6.36. The van der Waals surface area contributed by atoms with Gasteiger partial charge in [-0.15, -0.1) is 0 Å². The fourth-order valence-electron chi connectivity index (χ4n) is 2.48. The predicted molar refractivity (Wildman–Crippen MR) is 113 cm³/mol. The van der Waals surface area contributed by atoms with Crippen LogP contribution in [0.3, 0.4) is 0 Å². The van der Waals surface area contributed by atoms with Crippen LogP contribution >= 0.6 is 0 Å². The number of ether oxygens (including phenoxy) is 1. The van der Waals surface area contributed by atoms with Crippen LogP contribution in [0.25, 0.3) is 0 Å². The van der Waals surface area contributed by atoms with E-state index >= 15 is 0 Å². The maximum atomic E-state index is 12.2. The first-order valence-electron chi connectivity index (χ1n) is 9.16. The maximum Gasteiger partial charge on any atom is 0.251 e. The minimum absolute atomic E-state index is 0.0558. The Kier molecular flexibility index (Phi) is 8.17. The molecule has 2 rings (SSSR count). The number of carbonyl (C=O) groups is 3. The Balaban J connectivity index is 1.87. The molecule has 0 atom stereocenters. The van der Waals surface area contributed by atoms with Gasteiger partial charge in [-0.1, -0.05) is 6.07 Å². The number of benzene rings is 2. The van der Waals surface area contributed by atoms with E-state index in [0.717, 1.165) is 11.4 Å². The highest BCUT2D eigenvalue weighted by molar-refractivity contribution is 5.98. The second kappa shape index (κ2) is 10.8. The molecule has 0 aliphatic carbocycles. The monoisotopic (exact) mass is 398 g/mol. The molecule has 2 aromatic carbocycles. The summed E-state index contributed by atoms with van der Waals surface area (Å²) >= 11 is 0. The zero-order valence-corrected chi connectivity index (χ0v) is 16.8. The molecule has 0 aromatic heterocycles. The minimum atomic E-state index is -0.244. The number of hydrogen-bond donors (Lipinski definition) is 3. The molecule has 0 aliphatic rings. The van der Waals surface area contributed by atoms with Crippen LogP contribution in [-0.2, 0) is 14.3 Å². The SMILES string of the molecule is COCCNC(=O)c1cccc(NC(=O)CNc2ccc(N(C)C(C)=O)cc2)c1. The van der Waals surface area contributed by atoms with E-state index in [0.29, 0.717) is 24.4 Å². The van der Waals surface area contributed by atoms with Gasteiger partial charge in [-0.3, -0.25) is 14.4 Å². The standard InChI is InChI=1S/C21H26N4O4/c1-15(26)25(2)19-9-7-17(8-10-19)23-14-20(27)24-18-6-4-5-16(13-18)21(28)22-11-12-29-3/h4-10,13,23H,11-12,14H2,1-3H3,(H,22,28)(H,24,27). The van der Waals surface area contributed by atoms with Gasteiger partial charge in [0.1, 0.15) is 0 Å². The molecular weight excluding hydrogens is 372 g/mol. The third kappa shape index (κ3) is 6.93. The van der Waals surface area contributed by atoms with Gasteiger partial charge in [-0.2, -0.15) is 0 Å². The van der Waals surface area contributed by atoms with Crippen molar-refractivity contribution < 1.29 is 19.1 Å². The molecule has 0 aliphatic heterocycles. The van der Waals surface area contributed by atoms with Crippen molar-refractivity contribution in [3.8, 4) is 0 Å². The zero-order chi connectivity index (χ0) is 21.2. The fourth-order valence-corrected chi connectivity index (χ4v) is 2.48. The molecule has 2 aromatic rings. The van der Waals surface area contributed by atoms with Crippen LogP contribution in [0, 0.1) is 0 Å². The summed E-state index contributed by atoms with van der Waals surface area (Å²) < 4.78 is 4.90. The van der Waals surface area contributed by atoms with Crippen molar-refractivity contribution in [2.24, 2.45) is 0 Å². The summed E-state index contributed by atoms with van der Waals surface area (Å²) in [6.07, 6.45) is 0. The van der Waals surface area contributed by atoms with Gasteiger partial charge in [0.05, 0.1) is 13.2 Å². The van der Waals surface area contributed by atoms with Crippen molar-refractivity contribution >= 4 is 34.8 Å². The predicted octanol–water partition coefficient (Wildman–Crippen LogP) is 2.10. The van der Waals surface area contributed by atoms with Crippen molar-refractivity contribution in [1.82, 2.24) is 5.32 Å². The molecule has 154 valence electrons. The highest BCUT2D eigenvalue weighted by atomic mass is 16.5. The molecule has 3 N–H and O–H groups in total. The van der Waals surface area contributed by atoms with E-state index in [9.17, 15) is 14.4 Å². The van der Waals surface area contributed by atoms with E-state index < -0.39 is 0 Å². The summed E-state index contributed by atoms with van der Waals surface area (Å²) in [5.74, 6) is -0.529. The summed E-state index contributed by atoms with van der Waals surface area (Å²) in [6.45, 7) is 2.40. The van der Waals surface area contributed by atoms with E-state index in [1.807, 2.05) is 0 Å². The van der Waals surface area contributed by atoms with Gasteiger partial charge in [0.2, 0.25) is 11.8 Å². The molecule has 0 spiro atoms. The number of nitrogens with zero attached hydrogens (tertiary/aromatic N) is 1. The second-order valence-corrected chi connectivity index (χ2v) is 6.36. The quantitative estimate of drug-likeness (QED) is 0.562. The third-order valence-electron chi connectivity index (χ3n) is 4.18. The normalized spacial score (nSPS) is 10.2. The van der Waals surface area contributed by atoms with Gasteiger partial charge >= 0.3 is 0 Å². The van der Waals surface area contributed by atoms with Gasteiger partial charge < -0.3 is 25.6 Å². The van der Waals surface area contributed by atoms with E-state index in [2.05, 4.69) is 16.0 Å². The molecule has 0 fully saturated rings. The van der Waals surface area contributed by atoms with E-state index in [1.54, 1.807) is 62.7 Å². The molecule has 3 amide bonds. The topological polar surface area (TPSA) is 99.8 Å². The van der Waals surface area contributed by atoms with Gasteiger partial charge in [-0.05, 0) is 42.5 Å². The highest BCUT2D eigenvalue weighted by Crippen LogP contribution is 2.17. The van der Waals surface area contributed by atoms with Crippen molar-refractivity contribution in [1.29, 1.82) is 0 Å². The van der Waals surface area contributed by atoms with Crippen LogP contribution in [0.5, 0.6) is 0 Å². The van der Waals surface area contributed by atoms with Crippen LogP contribution in [-0.4, -0.2) is 51.6 Å². The largest absolute Gasteiger partial charge is 0.383 e. The fraction of sp³-hybridized carbons (Fsp3) is 0.286. The van der Waals surface area contributed by atoms with E-state index in [4.69, 9.17) is 4.74 Å². The lowest BCUT2D eigenvalue weighted by Crippen LogP contribution is -2.27. The summed E-state index contributed by atoms with van der Waals surface area (Å²) in [5.41, 5.74) is 2.52. The molecule has 8 nitrogen and oxygen atoms in total. The Morgan fingerprint density at radius 3 is 2.41 bits per heavy atom. The van der Waals surface area contributed by atoms with E-state index in [1.165, 1.54) is 11.8 Å². The lowest BCUT2D eigenvalue weighted by atomic mass is 10.2. The summed E-state index contributed by atoms with van der Waals surface area (Å²) in [6, 6.07) is 13.9. The highest BCUT2D eigenvalue weighted by Gasteiger charge is 2.08. The van der Waals surface area contributed by atoms with Gasteiger partial charge in [-0.25, -0.2) is 0 Å². The Morgan fingerprint density at radius 1 is 1.03 bits per heavy atom. The molecule has 29 heavy (non-hydrogen) atoms. The van der Waals surface area contributed by atoms with Gasteiger partial charge in [0, 0.05) is 50.3 Å². The first-order chi connectivity index (χ1) is 13.9. The molecule has 0 saturated heterocycles. The lowest BCUT2D eigenvalue weighted by Gasteiger charge is -2.15. The molecule has 0 bridgehead atoms. The Morgan fingerprint density at radius 2 is 1.76 bits per heavy atom. The van der Waals surface area contributed by atoms with Crippen molar-refractivity contribution in [2.45, 2.75) is 6.92 Å². The number of carbonyl (C=O) groups excluding carboxylic acids is 3. The van der Waals surface area contributed by atoms with Crippen molar-refractivity contribution in [3.05, 3.63) is 54.1 Å². The number of nitrogens with one attached hydrogen (secondary N) is 3. The number of amides is 3. The van der Waals surface area contributed by atoms with Crippen LogP contribution in [0.15, 0.2) is 48.5 Å². The van der Waals surface area contributed by atoms with Crippen molar-refractivity contribution in [3.63, 3.8) is 0 Å². The van der Waals surface area contributed by atoms with Crippen molar-refractivity contribution in [2.75, 3.05) is 49.4 Å². The Bertz CT molecular complexity index is 852. The molecule has 0 unspecified atom stereocenters. The molecular formula is C21H26N4O4. The summed E-state index contributed by atoms with van der Waals surface area (Å²) in [4.78, 5) is 37.2. The molecule has 0 radical (unpaired) electrons. The van der Waals surface area contributed by atoms with Crippen LogP contribution in [0.2, 0.25) is 0 Å². The smallest absolute Gasteiger partial charge is 0.251 e.